The molecular formula is C20H28N2O3. The summed E-state index contributed by atoms with van der Waals surface area (Å²) in [6.45, 7) is 1.22. The number of hydrogen-bond acceptors (Lipinski definition) is 3. The third-order valence-electron chi connectivity index (χ3n) is 5.47. The Hall–Kier alpha value is -1.88. The van der Waals surface area contributed by atoms with E-state index in [-0.39, 0.29) is 23.9 Å². The Labute approximate surface area is 149 Å². The minimum absolute atomic E-state index is 0.00737. The fraction of sp³-hybridized carbons (Fsp3) is 0.600. The third kappa shape index (κ3) is 4.03. The first-order valence-corrected chi connectivity index (χ1v) is 9.36. The lowest BCUT2D eigenvalue weighted by atomic mass is 9.84. The molecule has 25 heavy (non-hydrogen) atoms. The molecule has 0 spiro atoms. The number of carbonyl (C=O) groups is 2. The lowest BCUT2D eigenvalue weighted by Gasteiger charge is -2.33. The second-order valence-electron chi connectivity index (χ2n) is 7.08. The summed E-state index contributed by atoms with van der Waals surface area (Å²) in [5.74, 6) is 0.429. The highest BCUT2D eigenvalue weighted by atomic mass is 16.5. The van der Waals surface area contributed by atoms with Gasteiger partial charge in [-0.3, -0.25) is 9.59 Å². The van der Waals surface area contributed by atoms with E-state index in [0.717, 1.165) is 32.1 Å². The van der Waals surface area contributed by atoms with Crippen molar-refractivity contribution in [2.75, 3.05) is 20.3 Å². The molecule has 0 bridgehead atoms. The van der Waals surface area contributed by atoms with Crippen molar-refractivity contribution >= 4 is 11.8 Å². The molecule has 1 N–H and O–H groups in total. The van der Waals surface area contributed by atoms with Crippen molar-refractivity contribution in [2.45, 2.75) is 50.6 Å². The molecule has 136 valence electrons. The van der Waals surface area contributed by atoms with Crippen molar-refractivity contribution in [2.24, 2.45) is 5.92 Å². The fourth-order valence-corrected chi connectivity index (χ4v) is 4.26. The molecule has 1 saturated heterocycles. The summed E-state index contributed by atoms with van der Waals surface area (Å²) in [7, 11) is 1.66. The molecule has 3 atom stereocenters. The molecule has 5 nitrogen and oxygen atoms in total. The Kier molecular flexibility index (Phi) is 6.08. The van der Waals surface area contributed by atoms with E-state index < -0.39 is 0 Å². The van der Waals surface area contributed by atoms with Gasteiger partial charge in [0.05, 0.1) is 0 Å². The number of benzene rings is 1. The molecule has 0 radical (unpaired) electrons. The molecule has 1 saturated carbocycles. The maximum atomic E-state index is 13.1. The smallest absolute Gasteiger partial charge is 0.254 e. The summed E-state index contributed by atoms with van der Waals surface area (Å²) in [6, 6.07) is 9.20. The largest absolute Gasteiger partial charge is 0.385 e. The molecule has 5 heteroatoms. The SMILES string of the molecule is COCCCNC(=O)[C@@H]1C[C@H]2CCCC[C@@H]2N1C(=O)c1ccccc1. The zero-order valence-corrected chi connectivity index (χ0v) is 14.9. The number of fused-ring (bicyclic) bond motifs is 1. The number of ether oxygens (including phenoxy) is 1. The summed E-state index contributed by atoms with van der Waals surface area (Å²) in [5, 5.41) is 2.99. The highest BCUT2D eigenvalue weighted by Gasteiger charge is 2.47. The summed E-state index contributed by atoms with van der Waals surface area (Å²) in [4.78, 5) is 27.8. The highest BCUT2D eigenvalue weighted by Crippen LogP contribution is 2.40. The average Bonchev–Trinajstić information content (AvgIpc) is 3.05. The number of hydrogen-bond donors (Lipinski definition) is 1. The minimum atomic E-state index is -0.344. The Morgan fingerprint density at radius 2 is 1.96 bits per heavy atom. The Morgan fingerprint density at radius 1 is 1.20 bits per heavy atom. The van der Waals surface area contributed by atoms with Gasteiger partial charge in [0.25, 0.3) is 5.91 Å². The van der Waals surface area contributed by atoms with E-state index in [1.807, 2.05) is 35.2 Å². The van der Waals surface area contributed by atoms with Crippen LogP contribution >= 0.6 is 0 Å². The first kappa shape index (κ1) is 17.9. The van der Waals surface area contributed by atoms with E-state index in [1.165, 1.54) is 6.42 Å². The van der Waals surface area contributed by atoms with E-state index in [9.17, 15) is 9.59 Å². The standard InChI is InChI=1S/C20H28N2O3/c1-25-13-7-12-21-19(23)18-14-16-10-5-6-11-17(16)22(18)20(24)15-8-3-2-4-9-15/h2-4,8-9,16-18H,5-7,10-14H2,1H3,(H,21,23)/t16-,17+,18+/m1/s1. The van der Waals surface area contributed by atoms with Crippen LogP contribution in [-0.2, 0) is 9.53 Å². The summed E-state index contributed by atoms with van der Waals surface area (Å²) < 4.78 is 5.03. The quantitative estimate of drug-likeness (QED) is 0.807. The third-order valence-corrected chi connectivity index (χ3v) is 5.47. The van der Waals surface area contributed by atoms with Crippen LogP contribution in [0.1, 0.15) is 48.9 Å². The van der Waals surface area contributed by atoms with E-state index in [4.69, 9.17) is 4.74 Å². The second kappa shape index (κ2) is 8.48. The summed E-state index contributed by atoms with van der Waals surface area (Å²) >= 11 is 0. The van der Waals surface area contributed by atoms with Gasteiger partial charge in [-0.2, -0.15) is 0 Å². The lowest BCUT2D eigenvalue weighted by Crippen LogP contribution is -2.49. The van der Waals surface area contributed by atoms with Crippen molar-refractivity contribution in [3.8, 4) is 0 Å². The van der Waals surface area contributed by atoms with Crippen LogP contribution in [0.5, 0.6) is 0 Å². The number of amides is 2. The molecule has 1 aromatic rings. The van der Waals surface area contributed by atoms with Gasteiger partial charge in [0.15, 0.2) is 0 Å². The predicted molar refractivity (Wildman–Crippen MR) is 96.3 cm³/mol. The van der Waals surface area contributed by atoms with Crippen molar-refractivity contribution in [3.63, 3.8) is 0 Å². The van der Waals surface area contributed by atoms with Gasteiger partial charge in [0, 0.05) is 31.9 Å². The van der Waals surface area contributed by atoms with Gasteiger partial charge in [-0.1, -0.05) is 31.0 Å². The summed E-state index contributed by atoms with van der Waals surface area (Å²) in [6.07, 6.45) is 6.06. The fourth-order valence-electron chi connectivity index (χ4n) is 4.26. The van der Waals surface area contributed by atoms with Crippen molar-refractivity contribution in [1.82, 2.24) is 10.2 Å². The molecule has 1 heterocycles. The Morgan fingerprint density at radius 3 is 2.72 bits per heavy atom. The van der Waals surface area contributed by atoms with Gasteiger partial charge in [0.1, 0.15) is 6.04 Å². The zero-order chi connectivity index (χ0) is 17.6. The van der Waals surface area contributed by atoms with Crippen LogP contribution in [-0.4, -0.2) is 49.1 Å². The van der Waals surface area contributed by atoms with E-state index in [1.54, 1.807) is 7.11 Å². The lowest BCUT2D eigenvalue weighted by molar-refractivity contribution is -0.125. The van der Waals surface area contributed by atoms with Gasteiger partial charge in [-0.05, 0) is 43.7 Å². The topological polar surface area (TPSA) is 58.6 Å². The van der Waals surface area contributed by atoms with Crippen LogP contribution in [0.25, 0.3) is 0 Å². The van der Waals surface area contributed by atoms with Gasteiger partial charge >= 0.3 is 0 Å². The van der Waals surface area contributed by atoms with Crippen molar-refractivity contribution in [1.29, 1.82) is 0 Å². The second-order valence-corrected chi connectivity index (χ2v) is 7.08. The normalized spacial score (nSPS) is 25.5. The van der Waals surface area contributed by atoms with Crippen LogP contribution in [0.15, 0.2) is 30.3 Å². The predicted octanol–water partition coefficient (Wildman–Crippen LogP) is 2.61. The first-order valence-electron chi connectivity index (χ1n) is 9.36. The monoisotopic (exact) mass is 344 g/mol. The zero-order valence-electron chi connectivity index (χ0n) is 14.9. The van der Waals surface area contributed by atoms with Gasteiger partial charge in [-0.25, -0.2) is 0 Å². The number of carbonyl (C=O) groups excluding carboxylic acids is 2. The maximum absolute atomic E-state index is 13.1. The first-order chi connectivity index (χ1) is 12.2. The Balaban J connectivity index is 1.75. The van der Waals surface area contributed by atoms with Crippen molar-refractivity contribution < 1.29 is 14.3 Å². The molecule has 2 amide bonds. The van der Waals surface area contributed by atoms with Crippen molar-refractivity contribution in [3.05, 3.63) is 35.9 Å². The molecule has 0 unspecified atom stereocenters. The minimum Gasteiger partial charge on any atom is -0.385 e. The van der Waals surface area contributed by atoms with E-state index in [0.29, 0.717) is 24.6 Å². The molecular weight excluding hydrogens is 316 g/mol. The number of nitrogens with zero attached hydrogens (tertiary/aromatic N) is 1. The van der Waals surface area contributed by atoms with Gasteiger partial charge < -0.3 is 15.0 Å². The number of methoxy groups -OCH3 is 1. The van der Waals surface area contributed by atoms with Crippen LogP contribution < -0.4 is 5.32 Å². The molecule has 0 aromatic heterocycles. The van der Waals surface area contributed by atoms with Crippen LogP contribution in [0.4, 0.5) is 0 Å². The van der Waals surface area contributed by atoms with E-state index in [2.05, 4.69) is 5.32 Å². The molecule has 1 aliphatic heterocycles. The van der Waals surface area contributed by atoms with Crippen LogP contribution in [0, 0.1) is 5.92 Å². The molecule has 2 aliphatic rings. The van der Waals surface area contributed by atoms with Crippen LogP contribution in [0.2, 0.25) is 0 Å². The van der Waals surface area contributed by atoms with Gasteiger partial charge in [0.2, 0.25) is 5.91 Å². The van der Waals surface area contributed by atoms with E-state index >= 15 is 0 Å². The highest BCUT2D eigenvalue weighted by molar-refractivity contribution is 5.98. The summed E-state index contributed by atoms with van der Waals surface area (Å²) in [5.41, 5.74) is 0.672. The van der Waals surface area contributed by atoms with Crippen LogP contribution in [0.3, 0.4) is 0 Å². The number of rotatable bonds is 6. The number of likely N-dealkylation sites (tertiary alicyclic amines) is 1. The molecule has 1 aliphatic carbocycles. The molecule has 2 fully saturated rings. The molecule has 3 rings (SSSR count). The number of nitrogens with one attached hydrogen (secondary N) is 1. The maximum Gasteiger partial charge on any atom is 0.254 e. The average molecular weight is 344 g/mol. The van der Waals surface area contributed by atoms with Gasteiger partial charge in [-0.15, -0.1) is 0 Å². The molecule has 1 aromatic carbocycles. The Bertz CT molecular complexity index is 590.